The summed E-state index contributed by atoms with van der Waals surface area (Å²) in [5.41, 5.74) is 0.424. The molecule has 0 spiro atoms. The van der Waals surface area contributed by atoms with Gasteiger partial charge in [-0.25, -0.2) is 4.90 Å². The van der Waals surface area contributed by atoms with Crippen LogP contribution in [-0.2, 0) is 9.59 Å². The lowest BCUT2D eigenvalue weighted by Crippen LogP contribution is -2.47. The van der Waals surface area contributed by atoms with Gasteiger partial charge in [0, 0.05) is 10.0 Å². The van der Waals surface area contributed by atoms with Crippen molar-refractivity contribution < 1.29 is 9.59 Å². The standard InChI is InChI=1S/C14H17BrN2O2/c1-14(2,3)16-11-8-12(18)17(13(11)19)10-6-4-9(15)5-7-10/h4-7,11,16H,8H2,1-3H3. The molecule has 4 nitrogen and oxygen atoms in total. The number of rotatable bonds is 2. The number of carbonyl (C=O) groups excluding carboxylic acids is 2. The Bertz CT molecular complexity index is 505. The Balaban J connectivity index is 2.21. The number of benzene rings is 1. The molecule has 1 aliphatic heterocycles. The highest BCUT2D eigenvalue weighted by Crippen LogP contribution is 2.25. The van der Waals surface area contributed by atoms with Crippen LogP contribution in [0.2, 0.25) is 0 Å². The van der Waals surface area contributed by atoms with E-state index in [1.807, 2.05) is 32.9 Å². The van der Waals surface area contributed by atoms with E-state index < -0.39 is 6.04 Å². The van der Waals surface area contributed by atoms with Crippen LogP contribution in [0.4, 0.5) is 5.69 Å². The molecule has 1 heterocycles. The number of imide groups is 1. The number of amides is 2. The predicted molar refractivity (Wildman–Crippen MR) is 77.9 cm³/mol. The SMILES string of the molecule is CC(C)(C)NC1CC(=O)N(c2ccc(Br)cc2)C1=O. The number of carbonyl (C=O) groups is 2. The molecule has 102 valence electrons. The molecule has 1 atom stereocenters. The molecule has 2 rings (SSSR count). The molecule has 1 aromatic carbocycles. The second-order valence-electron chi connectivity index (χ2n) is 5.69. The smallest absolute Gasteiger partial charge is 0.251 e. The summed E-state index contributed by atoms with van der Waals surface area (Å²) in [5.74, 6) is -0.337. The summed E-state index contributed by atoms with van der Waals surface area (Å²) in [6, 6.07) is 6.73. The van der Waals surface area contributed by atoms with E-state index in [4.69, 9.17) is 0 Å². The van der Waals surface area contributed by atoms with E-state index in [0.717, 1.165) is 4.47 Å². The van der Waals surface area contributed by atoms with Crippen LogP contribution in [-0.4, -0.2) is 23.4 Å². The fourth-order valence-corrected chi connectivity index (χ4v) is 2.39. The first kappa shape index (κ1) is 14.2. The Kier molecular flexibility index (Phi) is 3.78. The van der Waals surface area contributed by atoms with E-state index in [2.05, 4.69) is 21.2 Å². The van der Waals surface area contributed by atoms with E-state index in [1.165, 1.54) is 4.90 Å². The number of nitrogens with one attached hydrogen (secondary N) is 1. The van der Waals surface area contributed by atoms with Gasteiger partial charge < -0.3 is 5.32 Å². The molecular formula is C14H17BrN2O2. The molecule has 0 saturated carbocycles. The maximum absolute atomic E-state index is 12.3. The molecule has 0 aromatic heterocycles. The quantitative estimate of drug-likeness (QED) is 0.850. The van der Waals surface area contributed by atoms with Crippen LogP contribution in [0.5, 0.6) is 0 Å². The van der Waals surface area contributed by atoms with Gasteiger partial charge in [-0.2, -0.15) is 0 Å². The van der Waals surface area contributed by atoms with Gasteiger partial charge in [-0.15, -0.1) is 0 Å². The average Bonchev–Trinajstić information content (AvgIpc) is 2.54. The minimum atomic E-state index is -0.434. The van der Waals surface area contributed by atoms with Crippen molar-refractivity contribution in [2.24, 2.45) is 0 Å². The first-order valence-corrected chi connectivity index (χ1v) is 6.97. The fraction of sp³-hybridized carbons (Fsp3) is 0.429. The van der Waals surface area contributed by atoms with Crippen LogP contribution in [0.1, 0.15) is 27.2 Å². The summed E-state index contributed by atoms with van der Waals surface area (Å²) < 4.78 is 0.916. The maximum atomic E-state index is 12.3. The summed E-state index contributed by atoms with van der Waals surface area (Å²) in [7, 11) is 0. The van der Waals surface area contributed by atoms with Gasteiger partial charge in [-0.1, -0.05) is 15.9 Å². The Labute approximate surface area is 121 Å². The average molecular weight is 325 g/mol. The van der Waals surface area contributed by atoms with Crippen molar-refractivity contribution in [1.82, 2.24) is 5.32 Å². The molecule has 19 heavy (non-hydrogen) atoms. The Morgan fingerprint density at radius 1 is 1.21 bits per heavy atom. The zero-order valence-corrected chi connectivity index (χ0v) is 12.8. The van der Waals surface area contributed by atoms with E-state index >= 15 is 0 Å². The number of hydrogen-bond donors (Lipinski definition) is 1. The first-order valence-electron chi connectivity index (χ1n) is 6.18. The molecule has 1 aliphatic rings. The van der Waals surface area contributed by atoms with Crippen molar-refractivity contribution >= 4 is 33.4 Å². The summed E-state index contributed by atoms with van der Waals surface area (Å²) in [6.07, 6.45) is 0.214. The van der Waals surface area contributed by atoms with E-state index in [0.29, 0.717) is 5.69 Å². The minimum Gasteiger partial charge on any atom is -0.301 e. The highest BCUT2D eigenvalue weighted by molar-refractivity contribution is 9.10. The van der Waals surface area contributed by atoms with Crippen LogP contribution in [0.3, 0.4) is 0 Å². The first-order chi connectivity index (χ1) is 8.78. The maximum Gasteiger partial charge on any atom is 0.251 e. The predicted octanol–water partition coefficient (Wildman–Crippen LogP) is 2.47. The van der Waals surface area contributed by atoms with Crippen molar-refractivity contribution in [3.8, 4) is 0 Å². The number of hydrogen-bond acceptors (Lipinski definition) is 3. The van der Waals surface area contributed by atoms with Crippen molar-refractivity contribution in [2.75, 3.05) is 4.90 Å². The van der Waals surface area contributed by atoms with E-state index in [-0.39, 0.29) is 23.8 Å². The Morgan fingerprint density at radius 2 is 1.79 bits per heavy atom. The van der Waals surface area contributed by atoms with Crippen molar-refractivity contribution in [3.63, 3.8) is 0 Å². The van der Waals surface area contributed by atoms with Crippen molar-refractivity contribution in [1.29, 1.82) is 0 Å². The largest absolute Gasteiger partial charge is 0.301 e. The summed E-state index contributed by atoms with van der Waals surface area (Å²) >= 11 is 3.34. The summed E-state index contributed by atoms with van der Waals surface area (Å²) in [5, 5.41) is 3.19. The lowest BCUT2D eigenvalue weighted by atomic mass is 10.1. The third kappa shape index (κ3) is 3.22. The molecule has 5 heteroatoms. The highest BCUT2D eigenvalue weighted by atomic mass is 79.9. The molecule has 1 saturated heterocycles. The number of halogens is 1. The normalized spacial score (nSPS) is 20.2. The van der Waals surface area contributed by atoms with Crippen LogP contribution >= 0.6 is 15.9 Å². The third-order valence-electron chi connectivity index (χ3n) is 2.84. The van der Waals surface area contributed by atoms with Crippen LogP contribution < -0.4 is 10.2 Å². The Morgan fingerprint density at radius 3 is 2.32 bits per heavy atom. The number of nitrogens with zero attached hydrogens (tertiary/aromatic N) is 1. The second-order valence-corrected chi connectivity index (χ2v) is 6.61. The Hall–Kier alpha value is -1.20. The zero-order chi connectivity index (χ0) is 14.2. The molecule has 1 fully saturated rings. The van der Waals surface area contributed by atoms with Gasteiger partial charge in [0.15, 0.2) is 0 Å². The van der Waals surface area contributed by atoms with Crippen molar-refractivity contribution in [2.45, 2.75) is 38.8 Å². The van der Waals surface area contributed by atoms with Crippen LogP contribution in [0, 0.1) is 0 Å². The third-order valence-corrected chi connectivity index (χ3v) is 3.37. The highest BCUT2D eigenvalue weighted by Gasteiger charge is 2.40. The molecule has 0 radical (unpaired) electrons. The van der Waals surface area contributed by atoms with E-state index in [1.54, 1.807) is 12.1 Å². The monoisotopic (exact) mass is 324 g/mol. The van der Waals surface area contributed by atoms with Gasteiger partial charge in [0.2, 0.25) is 5.91 Å². The lowest BCUT2D eigenvalue weighted by molar-refractivity contribution is -0.121. The van der Waals surface area contributed by atoms with Gasteiger partial charge in [0.05, 0.1) is 18.2 Å². The van der Waals surface area contributed by atoms with E-state index in [9.17, 15) is 9.59 Å². The molecule has 0 aliphatic carbocycles. The molecule has 1 unspecified atom stereocenters. The van der Waals surface area contributed by atoms with Crippen LogP contribution in [0.15, 0.2) is 28.7 Å². The van der Waals surface area contributed by atoms with Gasteiger partial charge in [-0.3, -0.25) is 9.59 Å². The minimum absolute atomic E-state index is 0.158. The molecule has 0 bridgehead atoms. The summed E-state index contributed by atoms with van der Waals surface area (Å²) in [4.78, 5) is 25.6. The molecule has 1 aromatic rings. The van der Waals surface area contributed by atoms with Gasteiger partial charge in [0.1, 0.15) is 0 Å². The fourth-order valence-electron chi connectivity index (χ4n) is 2.13. The van der Waals surface area contributed by atoms with Crippen molar-refractivity contribution in [3.05, 3.63) is 28.7 Å². The second kappa shape index (κ2) is 5.06. The molecule has 1 N–H and O–H groups in total. The topological polar surface area (TPSA) is 49.4 Å². The lowest BCUT2D eigenvalue weighted by Gasteiger charge is -2.24. The summed E-state index contributed by atoms with van der Waals surface area (Å²) in [6.45, 7) is 5.94. The van der Waals surface area contributed by atoms with Crippen LogP contribution in [0.25, 0.3) is 0 Å². The van der Waals surface area contributed by atoms with Gasteiger partial charge >= 0.3 is 0 Å². The van der Waals surface area contributed by atoms with Gasteiger partial charge in [-0.05, 0) is 45.0 Å². The van der Waals surface area contributed by atoms with Gasteiger partial charge in [0.25, 0.3) is 5.91 Å². The zero-order valence-electron chi connectivity index (χ0n) is 11.2. The molecular weight excluding hydrogens is 308 g/mol. The molecule has 2 amide bonds. The number of anilines is 1.